The van der Waals surface area contributed by atoms with Crippen molar-refractivity contribution in [2.45, 2.75) is 12.7 Å². The molecule has 5 amide bonds. The second-order valence-electron chi connectivity index (χ2n) is 5.74. The van der Waals surface area contributed by atoms with Crippen LogP contribution in [0.5, 0.6) is 0 Å². The molecule has 0 saturated carbocycles. The molecule has 1 saturated heterocycles. The minimum absolute atomic E-state index is 0.129. The van der Waals surface area contributed by atoms with Crippen LogP contribution >= 0.6 is 11.3 Å². The summed E-state index contributed by atoms with van der Waals surface area (Å²) in [6.45, 7) is -1.01. The minimum atomic E-state index is -4.70. The molecule has 2 heterocycles. The summed E-state index contributed by atoms with van der Waals surface area (Å²) in [5, 5.41) is 3.76. The van der Waals surface area contributed by atoms with E-state index in [1.54, 1.807) is 17.5 Å². The van der Waals surface area contributed by atoms with Gasteiger partial charge in [-0.1, -0.05) is 18.2 Å². The number of urea groups is 1. The van der Waals surface area contributed by atoms with Gasteiger partial charge in [0.2, 0.25) is 5.91 Å². The van der Waals surface area contributed by atoms with Crippen molar-refractivity contribution in [3.05, 3.63) is 52.2 Å². The first-order chi connectivity index (χ1) is 13.2. The van der Waals surface area contributed by atoms with E-state index in [-0.39, 0.29) is 6.54 Å². The fourth-order valence-corrected chi connectivity index (χ4v) is 3.25. The number of carbonyl (C=O) groups is 4. The monoisotopic (exact) mass is 411 g/mol. The lowest BCUT2D eigenvalue weighted by Crippen LogP contribution is -2.39. The average Bonchev–Trinajstić information content (AvgIpc) is 3.21. The first-order valence-electron chi connectivity index (χ1n) is 7.84. The summed E-state index contributed by atoms with van der Waals surface area (Å²) in [6, 6.07) is 6.66. The lowest BCUT2D eigenvalue weighted by atomic mass is 10.1. The molecular formula is C17H12F3N3O4S. The van der Waals surface area contributed by atoms with Gasteiger partial charge >= 0.3 is 24.0 Å². The number of nitrogens with one attached hydrogen (secondary N) is 1. The number of amides is 5. The number of rotatable bonds is 5. The fourth-order valence-electron chi connectivity index (χ4n) is 2.56. The molecule has 0 bridgehead atoms. The molecule has 1 aliphatic rings. The fraction of sp³-hybridized carbons (Fsp3) is 0.176. The Morgan fingerprint density at radius 3 is 2.32 bits per heavy atom. The molecule has 0 spiro atoms. The number of alkyl halides is 3. The van der Waals surface area contributed by atoms with Crippen LogP contribution in [0, 0.1) is 0 Å². The van der Waals surface area contributed by atoms with E-state index in [1.165, 1.54) is 17.4 Å². The second kappa shape index (κ2) is 7.43. The van der Waals surface area contributed by atoms with Crippen molar-refractivity contribution in [3.8, 4) is 0 Å². The molecule has 11 heteroatoms. The average molecular weight is 411 g/mol. The van der Waals surface area contributed by atoms with E-state index >= 15 is 0 Å². The summed E-state index contributed by atoms with van der Waals surface area (Å²) in [5.74, 6) is -3.34. The Morgan fingerprint density at radius 2 is 1.68 bits per heavy atom. The first-order valence-corrected chi connectivity index (χ1v) is 8.72. The summed E-state index contributed by atoms with van der Waals surface area (Å²) in [4.78, 5) is 50.2. The highest BCUT2D eigenvalue weighted by Gasteiger charge is 2.45. The van der Waals surface area contributed by atoms with Gasteiger partial charge in [0, 0.05) is 4.88 Å². The Labute approximate surface area is 160 Å². The van der Waals surface area contributed by atoms with Gasteiger partial charge in [0.1, 0.15) is 6.54 Å². The molecule has 3 rings (SSSR count). The summed E-state index contributed by atoms with van der Waals surface area (Å²) in [5.41, 5.74) is -1.58. The van der Waals surface area contributed by atoms with Crippen molar-refractivity contribution in [1.29, 1.82) is 0 Å². The highest BCUT2D eigenvalue weighted by molar-refractivity contribution is 7.09. The quantitative estimate of drug-likeness (QED) is 0.606. The molecule has 146 valence electrons. The van der Waals surface area contributed by atoms with E-state index < -0.39 is 47.7 Å². The number of anilines is 1. The van der Waals surface area contributed by atoms with Crippen LogP contribution in [0.25, 0.3) is 0 Å². The van der Waals surface area contributed by atoms with Crippen molar-refractivity contribution < 1.29 is 32.3 Å². The SMILES string of the molecule is O=C(CN1C(=O)C(=O)N(Cc2cccs2)C1=O)Nc1ccccc1C(F)(F)F. The van der Waals surface area contributed by atoms with Crippen molar-refractivity contribution in [3.63, 3.8) is 0 Å². The summed E-state index contributed by atoms with van der Waals surface area (Å²) in [7, 11) is 0. The molecule has 1 aliphatic heterocycles. The smallest absolute Gasteiger partial charge is 0.324 e. The molecule has 1 N–H and O–H groups in total. The van der Waals surface area contributed by atoms with Gasteiger partial charge in [0.05, 0.1) is 17.8 Å². The van der Waals surface area contributed by atoms with E-state index in [2.05, 4.69) is 0 Å². The summed E-state index contributed by atoms with van der Waals surface area (Å²) >= 11 is 1.27. The first kappa shape index (κ1) is 19.5. The third kappa shape index (κ3) is 3.88. The standard InChI is InChI=1S/C17H12F3N3O4S/c18-17(19,20)11-5-1-2-6-12(11)21-13(24)9-23-15(26)14(25)22(16(23)27)8-10-4-3-7-28-10/h1-7H,8-9H2,(H,21,24). The van der Waals surface area contributed by atoms with Crippen LogP contribution in [0.1, 0.15) is 10.4 Å². The topological polar surface area (TPSA) is 86.8 Å². The molecule has 0 radical (unpaired) electrons. The van der Waals surface area contributed by atoms with Crippen molar-refractivity contribution >= 4 is 40.8 Å². The van der Waals surface area contributed by atoms with E-state index in [1.807, 2.05) is 5.32 Å². The second-order valence-corrected chi connectivity index (χ2v) is 6.77. The number of hydrogen-bond acceptors (Lipinski definition) is 5. The van der Waals surface area contributed by atoms with Gasteiger partial charge in [0.15, 0.2) is 0 Å². The number of para-hydroxylation sites is 1. The van der Waals surface area contributed by atoms with Crippen LogP contribution < -0.4 is 5.32 Å². The summed E-state index contributed by atoms with van der Waals surface area (Å²) in [6.07, 6.45) is -4.70. The van der Waals surface area contributed by atoms with Gasteiger partial charge in [-0.15, -0.1) is 11.3 Å². The zero-order valence-corrected chi connectivity index (χ0v) is 14.8. The number of halogens is 3. The number of benzene rings is 1. The van der Waals surface area contributed by atoms with E-state index in [0.29, 0.717) is 14.7 Å². The molecule has 1 aromatic carbocycles. The van der Waals surface area contributed by atoms with Crippen LogP contribution in [0.3, 0.4) is 0 Å². The van der Waals surface area contributed by atoms with Crippen LogP contribution in [0.15, 0.2) is 41.8 Å². The predicted molar refractivity (Wildman–Crippen MR) is 92.1 cm³/mol. The largest absolute Gasteiger partial charge is 0.418 e. The summed E-state index contributed by atoms with van der Waals surface area (Å²) < 4.78 is 39.0. The molecular weight excluding hydrogens is 399 g/mol. The number of imide groups is 2. The van der Waals surface area contributed by atoms with Gasteiger partial charge in [-0.2, -0.15) is 13.2 Å². The maximum atomic E-state index is 13.0. The van der Waals surface area contributed by atoms with Gasteiger partial charge in [0.25, 0.3) is 0 Å². The maximum absolute atomic E-state index is 13.0. The lowest BCUT2D eigenvalue weighted by molar-refractivity contribution is -0.143. The third-order valence-corrected chi connectivity index (χ3v) is 4.70. The molecule has 0 atom stereocenters. The Balaban J connectivity index is 1.72. The molecule has 1 fully saturated rings. The Hall–Kier alpha value is -3.21. The van der Waals surface area contributed by atoms with E-state index in [4.69, 9.17) is 0 Å². The molecule has 1 aromatic heterocycles. The minimum Gasteiger partial charge on any atom is -0.324 e. The predicted octanol–water partition coefficient (Wildman–Crippen LogP) is 2.70. The highest BCUT2D eigenvalue weighted by atomic mass is 32.1. The molecule has 2 aromatic rings. The van der Waals surface area contributed by atoms with Gasteiger partial charge < -0.3 is 5.32 Å². The van der Waals surface area contributed by atoms with Crippen LogP contribution in [0.4, 0.5) is 23.7 Å². The van der Waals surface area contributed by atoms with Crippen LogP contribution in [-0.4, -0.2) is 40.1 Å². The molecule has 0 unspecified atom stereocenters. The normalized spacial score (nSPS) is 14.8. The lowest BCUT2D eigenvalue weighted by Gasteiger charge is -2.16. The van der Waals surface area contributed by atoms with Crippen molar-refractivity contribution in [2.75, 3.05) is 11.9 Å². The van der Waals surface area contributed by atoms with Crippen LogP contribution in [-0.2, 0) is 27.1 Å². The van der Waals surface area contributed by atoms with Gasteiger partial charge in [-0.3, -0.25) is 19.3 Å². The number of carbonyl (C=O) groups excluding carboxylic acids is 4. The zero-order chi connectivity index (χ0) is 20.5. The Kier molecular flexibility index (Phi) is 5.18. The van der Waals surface area contributed by atoms with Crippen molar-refractivity contribution in [2.24, 2.45) is 0 Å². The van der Waals surface area contributed by atoms with E-state index in [0.717, 1.165) is 18.2 Å². The molecule has 7 nitrogen and oxygen atoms in total. The van der Waals surface area contributed by atoms with Gasteiger partial charge in [-0.25, -0.2) is 9.69 Å². The molecule has 28 heavy (non-hydrogen) atoms. The van der Waals surface area contributed by atoms with Gasteiger partial charge in [-0.05, 0) is 23.6 Å². The van der Waals surface area contributed by atoms with E-state index in [9.17, 15) is 32.3 Å². The maximum Gasteiger partial charge on any atom is 0.418 e. The molecule has 0 aliphatic carbocycles. The van der Waals surface area contributed by atoms with Crippen molar-refractivity contribution in [1.82, 2.24) is 9.80 Å². The third-order valence-electron chi connectivity index (χ3n) is 3.84. The number of thiophene rings is 1. The number of hydrogen-bond donors (Lipinski definition) is 1. The zero-order valence-electron chi connectivity index (χ0n) is 14.0. The van der Waals surface area contributed by atoms with Crippen LogP contribution in [0.2, 0.25) is 0 Å². The number of nitrogens with zero attached hydrogens (tertiary/aromatic N) is 2. The Morgan fingerprint density at radius 1 is 1.00 bits per heavy atom. The highest BCUT2D eigenvalue weighted by Crippen LogP contribution is 2.34. The Bertz CT molecular complexity index is 943.